The second kappa shape index (κ2) is 10.4. The van der Waals surface area contributed by atoms with Gasteiger partial charge in [-0.1, -0.05) is 42.5 Å². The Morgan fingerprint density at radius 1 is 0.895 bits per heavy atom. The Morgan fingerprint density at radius 2 is 1.71 bits per heavy atom. The molecule has 190 valence electrons. The first-order chi connectivity index (χ1) is 18.6. The lowest BCUT2D eigenvalue weighted by atomic mass is 9.99. The van der Waals surface area contributed by atoms with Gasteiger partial charge in [0.1, 0.15) is 11.6 Å². The van der Waals surface area contributed by atoms with E-state index in [-0.39, 0.29) is 11.7 Å². The zero-order valence-electron chi connectivity index (χ0n) is 20.9. The average molecular weight is 505 g/mol. The Hall–Kier alpha value is -4.56. The molecule has 0 bridgehead atoms. The minimum absolute atomic E-state index is 0.138. The number of phenolic OH excluding ortho intramolecular Hbond substituents is 1. The maximum Gasteiger partial charge on any atom is 0.227 e. The van der Waals surface area contributed by atoms with Gasteiger partial charge < -0.3 is 15.0 Å². The van der Waals surface area contributed by atoms with Crippen molar-refractivity contribution in [3.8, 4) is 28.3 Å². The van der Waals surface area contributed by atoms with E-state index >= 15 is 0 Å². The summed E-state index contributed by atoms with van der Waals surface area (Å²) in [4.78, 5) is 33.6. The number of imidazole rings is 1. The predicted molar refractivity (Wildman–Crippen MR) is 146 cm³/mol. The number of phenols is 1. The molecule has 0 aliphatic carbocycles. The molecule has 1 aliphatic heterocycles. The number of benzene rings is 2. The van der Waals surface area contributed by atoms with E-state index in [0.29, 0.717) is 23.4 Å². The molecule has 8 nitrogen and oxygen atoms in total. The van der Waals surface area contributed by atoms with E-state index in [0.717, 1.165) is 60.6 Å². The lowest BCUT2D eigenvalue weighted by molar-refractivity contribution is -0.132. The van der Waals surface area contributed by atoms with Crippen LogP contribution in [-0.2, 0) is 17.8 Å². The maximum absolute atomic E-state index is 13.0. The van der Waals surface area contributed by atoms with Crippen molar-refractivity contribution in [3.63, 3.8) is 0 Å². The highest BCUT2D eigenvalue weighted by Crippen LogP contribution is 2.37. The highest BCUT2D eigenvalue weighted by molar-refractivity contribution is 5.84. The number of nitrogens with one attached hydrogen (secondary N) is 1. The van der Waals surface area contributed by atoms with Gasteiger partial charge in [0, 0.05) is 50.7 Å². The molecule has 0 saturated carbocycles. The number of nitrogens with zero attached hydrogens (tertiary/aromatic N) is 5. The van der Waals surface area contributed by atoms with Crippen molar-refractivity contribution in [2.75, 3.05) is 26.2 Å². The highest BCUT2D eigenvalue weighted by Gasteiger charge is 2.21. The molecule has 4 heterocycles. The molecular weight excluding hydrogens is 476 g/mol. The quantitative estimate of drug-likeness (QED) is 0.358. The number of piperazine rings is 1. The Balaban J connectivity index is 1.10. The first-order valence-electron chi connectivity index (χ1n) is 12.8. The number of fused-ring (bicyclic) bond motifs is 1. The average Bonchev–Trinajstić information content (AvgIpc) is 3.39. The van der Waals surface area contributed by atoms with Crippen LogP contribution in [0.5, 0.6) is 5.75 Å². The second-order valence-electron chi connectivity index (χ2n) is 9.53. The third-order valence-electron chi connectivity index (χ3n) is 7.03. The van der Waals surface area contributed by atoms with Crippen LogP contribution in [0.1, 0.15) is 11.3 Å². The summed E-state index contributed by atoms with van der Waals surface area (Å²) in [7, 11) is 0. The van der Waals surface area contributed by atoms with Crippen LogP contribution in [0, 0.1) is 0 Å². The van der Waals surface area contributed by atoms with Gasteiger partial charge in [0.25, 0.3) is 0 Å². The number of H-pyrrole nitrogens is 1. The van der Waals surface area contributed by atoms with Crippen molar-refractivity contribution in [1.29, 1.82) is 0 Å². The summed E-state index contributed by atoms with van der Waals surface area (Å²) in [5.74, 6) is 0.890. The molecule has 0 atom stereocenters. The number of amides is 1. The smallest absolute Gasteiger partial charge is 0.227 e. The Bertz CT molecular complexity index is 1520. The molecule has 8 heteroatoms. The lowest BCUT2D eigenvalue weighted by Crippen LogP contribution is -2.48. The van der Waals surface area contributed by atoms with Crippen molar-refractivity contribution in [2.24, 2.45) is 0 Å². The fourth-order valence-corrected chi connectivity index (χ4v) is 4.92. The van der Waals surface area contributed by atoms with Gasteiger partial charge in [0.2, 0.25) is 5.91 Å². The highest BCUT2D eigenvalue weighted by atomic mass is 16.3. The van der Waals surface area contributed by atoms with Gasteiger partial charge in [0.05, 0.1) is 34.9 Å². The molecule has 38 heavy (non-hydrogen) atoms. The number of carbonyl (C=O) groups is 1. The molecule has 1 fully saturated rings. The van der Waals surface area contributed by atoms with Gasteiger partial charge in [-0.2, -0.15) is 0 Å². The van der Waals surface area contributed by atoms with Crippen LogP contribution in [0.4, 0.5) is 0 Å². The van der Waals surface area contributed by atoms with E-state index in [1.54, 1.807) is 12.4 Å². The predicted octanol–water partition coefficient (Wildman–Crippen LogP) is 4.28. The lowest BCUT2D eigenvalue weighted by Gasteiger charge is -2.34. The molecule has 1 amide bonds. The normalized spacial score (nSPS) is 14.2. The number of para-hydroxylation sites is 1. The number of rotatable bonds is 6. The SMILES string of the molecule is O=C(Cc1ccc(-c2cccc(-c3nc4ccncc4[nH]3)c2O)cc1)N1CCN(Cc2ccccn2)CC1. The van der Waals surface area contributed by atoms with Crippen LogP contribution in [0.2, 0.25) is 0 Å². The van der Waals surface area contributed by atoms with Crippen molar-refractivity contribution >= 4 is 16.9 Å². The van der Waals surface area contributed by atoms with E-state index in [1.165, 1.54) is 0 Å². The third kappa shape index (κ3) is 4.99. The summed E-state index contributed by atoms with van der Waals surface area (Å²) in [6.07, 6.45) is 5.59. The summed E-state index contributed by atoms with van der Waals surface area (Å²) in [5.41, 5.74) is 5.83. The second-order valence-corrected chi connectivity index (χ2v) is 9.53. The fraction of sp³-hybridized carbons (Fsp3) is 0.200. The minimum Gasteiger partial charge on any atom is -0.507 e. The van der Waals surface area contributed by atoms with E-state index in [1.807, 2.05) is 77.8 Å². The molecule has 3 aromatic heterocycles. The molecule has 1 saturated heterocycles. The molecule has 1 aliphatic rings. The van der Waals surface area contributed by atoms with Gasteiger partial charge in [-0.05, 0) is 35.4 Å². The molecule has 2 N–H and O–H groups in total. The molecule has 5 aromatic rings. The molecule has 0 unspecified atom stereocenters. The van der Waals surface area contributed by atoms with Crippen LogP contribution >= 0.6 is 0 Å². The summed E-state index contributed by atoms with van der Waals surface area (Å²) in [6, 6.07) is 21.3. The number of aromatic amines is 1. The van der Waals surface area contributed by atoms with Crippen LogP contribution in [0.3, 0.4) is 0 Å². The van der Waals surface area contributed by atoms with E-state index in [2.05, 4.69) is 24.8 Å². The number of aromatic nitrogens is 4. The number of aromatic hydroxyl groups is 1. The molecular formula is C30H28N6O2. The maximum atomic E-state index is 13.0. The summed E-state index contributed by atoms with van der Waals surface area (Å²) in [5, 5.41) is 11.1. The minimum atomic E-state index is 0.138. The zero-order valence-corrected chi connectivity index (χ0v) is 20.9. The number of pyridine rings is 2. The van der Waals surface area contributed by atoms with Crippen molar-refractivity contribution < 1.29 is 9.90 Å². The van der Waals surface area contributed by atoms with Gasteiger partial charge in [-0.3, -0.25) is 19.7 Å². The molecule has 0 radical (unpaired) electrons. The van der Waals surface area contributed by atoms with Crippen LogP contribution in [0.25, 0.3) is 33.5 Å². The van der Waals surface area contributed by atoms with Crippen molar-refractivity contribution in [1.82, 2.24) is 29.7 Å². The van der Waals surface area contributed by atoms with Gasteiger partial charge in [-0.25, -0.2) is 4.98 Å². The summed E-state index contributed by atoms with van der Waals surface area (Å²) < 4.78 is 0. The zero-order chi connectivity index (χ0) is 25.9. The topological polar surface area (TPSA) is 98.2 Å². The molecule has 2 aromatic carbocycles. The number of hydrogen-bond donors (Lipinski definition) is 2. The van der Waals surface area contributed by atoms with Crippen molar-refractivity contribution in [3.05, 3.63) is 96.6 Å². The first-order valence-corrected chi connectivity index (χ1v) is 12.8. The number of carbonyl (C=O) groups excluding carboxylic acids is 1. The van der Waals surface area contributed by atoms with E-state index < -0.39 is 0 Å². The largest absolute Gasteiger partial charge is 0.507 e. The fourth-order valence-electron chi connectivity index (χ4n) is 4.92. The molecule has 0 spiro atoms. The van der Waals surface area contributed by atoms with E-state index in [9.17, 15) is 9.90 Å². The van der Waals surface area contributed by atoms with E-state index in [4.69, 9.17) is 0 Å². The standard InChI is InChI=1S/C30H28N6O2/c37-28(36-16-14-35(15-17-36)20-23-4-1-2-12-32-23)18-21-7-9-22(10-8-21)24-5-3-6-25(29(24)38)30-33-26-11-13-31-19-27(26)34-30/h1-13,19,38H,14-18,20H2,(H,33,34). The number of hydrogen-bond acceptors (Lipinski definition) is 6. The summed E-state index contributed by atoms with van der Waals surface area (Å²) in [6.45, 7) is 3.95. The van der Waals surface area contributed by atoms with Crippen LogP contribution in [0.15, 0.2) is 85.3 Å². The monoisotopic (exact) mass is 504 g/mol. The Morgan fingerprint density at radius 3 is 2.47 bits per heavy atom. The van der Waals surface area contributed by atoms with Crippen LogP contribution < -0.4 is 0 Å². The van der Waals surface area contributed by atoms with Gasteiger partial charge in [-0.15, -0.1) is 0 Å². The Labute approximate surface area is 220 Å². The third-order valence-corrected chi connectivity index (χ3v) is 7.03. The van der Waals surface area contributed by atoms with Crippen molar-refractivity contribution in [2.45, 2.75) is 13.0 Å². The first kappa shape index (κ1) is 23.8. The van der Waals surface area contributed by atoms with Crippen LogP contribution in [-0.4, -0.2) is 66.9 Å². The summed E-state index contributed by atoms with van der Waals surface area (Å²) >= 11 is 0. The molecule has 6 rings (SSSR count). The van der Waals surface area contributed by atoms with Gasteiger partial charge >= 0.3 is 0 Å². The Kier molecular flexibility index (Phi) is 6.54. The van der Waals surface area contributed by atoms with Gasteiger partial charge in [0.15, 0.2) is 0 Å².